The highest BCUT2D eigenvalue weighted by Gasteiger charge is 2.32. The maximum atomic E-state index is 11.5. The Morgan fingerprint density at radius 2 is 2.07 bits per heavy atom. The molecule has 0 saturated carbocycles. The Morgan fingerprint density at radius 3 is 2.50 bits per heavy atom. The Kier molecular flexibility index (Phi) is 3.70. The van der Waals surface area contributed by atoms with Crippen LogP contribution in [0.1, 0.15) is 27.2 Å². The Hall–Kier alpha value is -0.380. The summed E-state index contributed by atoms with van der Waals surface area (Å²) in [5.41, 5.74) is -0.383. The van der Waals surface area contributed by atoms with Crippen molar-refractivity contribution in [2.45, 2.75) is 32.8 Å². The second-order valence-electron chi connectivity index (χ2n) is 4.76. The molecule has 0 radical (unpaired) electrons. The van der Waals surface area contributed by atoms with E-state index in [4.69, 9.17) is 4.74 Å². The number of nitrogens with zero attached hydrogens (tertiary/aromatic N) is 1. The van der Waals surface area contributed by atoms with Crippen LogP contribution in [0, 0.1) is 5.92 Å². The highest BCUT2D eigenvalue weighted by atomic mass is 32.1. The van der Waals surface area contributed by atoms with Crippen LogP contribution in [0.3, 0.4) is 0 Å². The molecule has 1 saturated heterocycles. The van der Waals surface area contributed by atoms with Crippen LogP contribution >= 0.6 is 12.6 Å². The minimum absolute atomic E-state index is 0.187. The molecule has 0 unspecified atom stereocenters. The van der Waals surface area contributed by atoms with Gasteiger partial charge in [-0.05, 0) is 38.9 Å². The molecule has 82 valence electrons. The Bertz CT molecular complexity index is 207. The molecule has 1 rings (SSSR count). The molecule has 1 aliphatic heterocycles. The van der Waals surface area contributed by atoms with Crippen molar-refractivity contribution >= 4 is 18.7 Å². The lowest BCUT2D eigenvalue weighted by Gasteiger charge is -2.39. The summed E-state index contributed by atoms with van der Waals surface area (Å²) in [5, 5.41) is 0. The van der Waals surface area contributed by atoms with Crippen molar-refractivity contribution in [3.05, 3.63) is 0 Å². The van der Waals surface area contributed by atoms with E-state index in [1.165, 1.54) is 0 Å². The molecule has 0 aromatic carbocycles. The van der Waals surface area contributed by atoms with E-state index < -0.39 is 0 Å². The maximum absolute atomic E-state index is 11.5. The van der Waals surface area contributed by atoms with Crippen molar-refractivity contribution in [1.29, 1.82) is 0 Å². The first-order chi connectivity index (χ1) is 6.42. The van der Waals surface area contributed by atoms with E-state index in [9.17, 15) is 4.79 Å². The van der Waals surface area contributed by atoms with E-state index >= 15 is 0 Å². The third-order valence-corrected chi connectivity index (χ3v) is 2.40. The van der Waals surface area contributed by atoms with Crippen molar-refractivity contribution in [2.24, 2.45) is 5.92 Å². The van der Waals surface area contributed by atoms with Gasteiger partial charge >= 0.3 is 6.09 Å². The quantitative estimate of drug-likeness (QED) is 0.718. The molecule has 0 aromatic heterocycles. The molecule has 0 atom stereocenters. The Labute approximate surface area is 91.2 Å². The Morgan fingerprint density at radius 1 is 1.50 bits per heavy atom. The number of hydrogen-bond donors (Lipinski definition) is 1. The van der Waals surface area contributed by atoms with E-state index in [0.717, 1.165) is 25.3 Å². The average Bonchev–Trinajstić information content (AvgIpc) is 1.91. The van der Waals surface area contributed by atoms with Gasteiger partial charge in [0.2, 0.25) is 0 Å². The van der Waals surface area contributed by atoms with Crippen LogP contribution in [-0.4, -0.2) is 35.4 Å². The number of likely N-dealkylation sites (tertiary alicyclic amines) is 1. The molecule has 1 aliphatic rings. The van der Waals surface area contributed by atoms with Crippen LogP contribution in [0.15, 0.2) is 0 Å². The average molecular weight is 217 g/mol. The number of hydrogen-bond acceptors (Lipinski definition) is 3. The van der Waals surface area contributed by atoms with Gasteiger partial charge in [0.05, 0.1) is 0 Å². The standard InChI is InChI=1S/C10H19NO2S/c1-10(2,3)13-9(12)11-6-8(7-11)4-5-14/h8,14H,4-7H2,1-3H3. The van der Waals surface area contributed by atoms with Crippen LogP contribution in [0.4, 0.5) is 4.79 Å². The third-order valence-electron chi connectivity index (χ3n) is 2.15. The molecule has 0 spiro atoms. The first-order valence-electron chi connectivity index (χ1n) is 5.01. The maximum Gasteiger partial charge on any atom is 0.410 e. The second kappa shape index (κ2) is 4.43. The van der Waals surface area contributed by atoms with E-state index in [0.29, 0.717) is 5.92 Å². The summed E-state index contributed by atoms with van der Waals surface area (Å²) in [4.78, 5) is 13.2. The summed E-state index contributed by atoms with van der Waals surface area (Å²) in [6.45, 7) is 7.31. The van der Waals surface area contributed by atoms with Gasteiger partial charge in [-0.3, -0.25) is 0 Å². The van der Waals surface area contributed by atoms with Crippen LogP contribution in [-0.2, 0) is 4.74 Å². The zero-order chi connectivity index (χ0) is 10.8. The van der Waals surface area contributed by atoms with Gasteiger partial charge in [0, 0.05) is 13.1 Å². The normalized spacial score (nSPS) is 17.9. The van der Waals surface area contributed by atoms with Gasteiger partial charge in [-0.2, -0.15) is 12.6 Å². The lowest BCUT2D eigenvalue weighted by atomic mass is 9.98. The molecular formula is C10H19NO2S. The smallest absolute Gasteiger partial charge is 0.410 e. The van der Waals surface area contributed by atoms with Crippen LogP contribution in [0.5, 0.6) is 0 Å². The summed E-state index contributed by atoms with van der Waals surface area (Å²) in [6, 6.07) is 0. The predicted molar refractivity (Wildman–Crippen MR) is 59.8 cm³/mol. The molecule has 1 amide bonds. The molecule has 3 nitrogen and oxygen atoms in total. The predicted octanol–water partition coefficient (Wildman–Crippen LogP) is 2.17. The minimum Gasteiger partial charge on any atom is -0.444 e. The summed E-state index contributed by atoms with van der Waals surface area (Å²) in [5.74, 6) is 1.52. The van der Waals surface area contributed by atoms with Gasteiger partial charge in [-0.25, -0.2) is 4.79 Å². The van der Waals surface area contributed by atoms with Gasteiger partial charge in [0.25, 0.3) is 0 Å². The van der Waals surface area contributed by atoms with Crippen molar-refractivity contribution in [3.63, 3.8) is 0 Å². The highest BCUT2D eigenvalue weighted by molar-refractivity contribution is 7.80. The lowest BCUT2D eigenvalue weighted by molar-refractivity contribution is -0.00123. The van der Waals surface area contributed by atoms with Gasteiger partial charge < -0.3 is 9.64 Å². The number of carbonyl (C=O) groups excluding carboxylic acids is 1. The molecule has 4 heteroatoms. The largest absolute Gasteiger partial charge is 0.444 e. The van der Waals surface area contributed by atoms with Gasteiger partial charge in [0.15, 0.2) is 0 Å². The van der Waals surface area contributed by atoms with Gasteiger partial charge in [0.1, 0.15) is 5.60 Å². The molecule has 0 aliphatic carbocycles. The third kappa shape index (κ3) is 3.40. The number of amides is 1. The van der Waals surface area contributed by atoms with Crippen LogP contribution < -0.4 is 0 Å². The fraction of sp³-hybridized carbons (Fsp3) is 0.900. The van der Waals surface area contributed by atoms with Gasteiger partial charge in [-0.1, -0.05) is 0 Å². The molecule has 0 bridgehead atoms. The zero-order valence-corrected chi connectivity index (χ0v) is 10.0. The molecule has 14 heavy (non-hydrogen) atoms. The topological polar surface area (TPSA) is 29.5 Å². The SMILES string of the molecule is CC(C)(C)OC(=O)N1CC(CCS)C1. The molecule has 0 N–H and O–H groups in total. The van der Waals surface area contributed by atoms with E-state index in [-0.39, 0.29) is 11.7 Å². The first-order valence-corrected chi connectivity index (χ1v) is 5.64. The minimum atomic E-state index is -0.383. The molecular weight excluding hydrogens is 198 g/mol. The van der Waals surface area contributed by atoms with Crippen molar-refractivity contribution in [1.82, 2.24) is 4.90 Å². The van der Waals surface area contributed by atoms with E-state index in [2.05, 4.69) is 12.6 Å². The molecule has 1 fully saturated rings. The van der Waals surface area contributed by atoms with Crippen LogP contribution in [0.25, 0.3) is 0 Å². The molecule has 1 heterocycles. The van der Waals surface area contributed by atoms with Crippen molar-refractivity contribution in [3.8, 4) is 0 Å². The lowest BCUT2D eigenvalue weighted by Crippen LogP contribution is -2.51. The summed E-state index contributed by atoms with van der Waals surface area (Å²) >= 11 is 4.16. The summed E-state index contributed by atoms with van der Waals surface area (Å²) in [6.07, 6.45) is 0.899. The highest BCUT2D eigenvalue weighted by Crippen LogP contribution is 2.21. The summed E-state index contributed by atoms with van der Waals surface area (Å²) < 4.78 is 5.24. The summed E-state index contributed by atoms with van der Waals surface area (Å²) in [7, 11) is 0. The van der Waals surface area contributed by atoms with E-state index in [1.54, 1.807) is 4.90 Å². The number of ether oxygens (including phenoxy) is 1. The number of carbonyl (C=O) groups is 1. The fourth-order valence-corrected chi connectivity index (χ4v) is 1.78. The monoisotopic (exact) mass is 217 g/mol. The molecule has 0 aromatic rings. The first kappa shape index (κ1) is 11.7. The van der Waals surface area contributed by atoms with Crippen molar-refractivity contribution < 1.29 is 9.53 Å². The second-order valence-corrected chi connectivity index (χ2v) is 5.21. The number of rotatable bonds is 2. The van der Waals surface area contributed by atoms with Crippen molar-refractivity contribution in [2.75, 3.05) is 18.8 Å². The van der Waals surface area contributed by atoms with E-state index in [1.807, 2.05) is 20.8 Å². The van der Waals surface area contributed by atoms with Gasteiger partial charge in [-0.15, -0.1) is 0 Å². The van der Waals surface area contributed by atoms with Crippen LogP contribution in [0.2, 0.25) is 0 Å². The Balaban J connectivity index is 2.23. The fourth-order valence-electron chi connectivity index (χ4n) is 1.41. The zero-order valence-electron chi connectivity index (χ0n) is 9.12. The number of thiol groups is 1.